The lowest BCUT2D eigenvalue weighted by atomic mass is 9.99. The van der Waals surface area contributed by atoms with Crippen LogP contribution in [0.15, 0.2) is 0 Å². The van der Waals surface area contributed by atoms with Gasteiger partial charge in [-0.1, -0.05) is 6.42 Å². The zero-order chi connectivity index (χ0) is 21.1. The number of nitrogens with one attached hydrogen (secondary N) is 2. The normalized spacial score (nSPS) is 12.7. The second-order valence-corrected chi connectivity index (χ2v) is 8.75. The average Bonchev–Trinajstić information content (AvgIpc) is 2.49. The Morgan fingerprint density at radius 3 is 1.63 bits per heavy atom. The highest BCUT2D eigenvalue weighted by atomic mass is 16.6. The Balaban J connectivity index is 4.64. The summed E-state index contributed by atoms with van der Waals surface area (Å²) >= 11 is 0. The van der Waals surface area contributed by atoms with Gasteiger partial charge in [0.1, 0.15) is 11.2 Å². The fraction of sp³-hybridized carbons (Fsp3) is 0.895. The minimum absolute atomic E-state index is 0.0394. The second kappa shape index (κ2) is 11.6. The zero-order valence-corrected chi connectivity index (χ0v) is 17.9. The van der Waals surface area contributed by atoms with Crippen LogP contribution < -0.4 is 22.1 Å². The number of nitrogens with two attached hydrogens (primary N) is 2. The van der Waals surface area contributed by atoms with Gasteiger partial charge >= 0.3 is 11.9 Å². The molecular formula is C19H40N4O4. The SMILES string of the molecule is CC(C)(C)OC(=O)C(N)(CNCCCCCNCCN)C(=O)OC(C)(C)C. The molecule has 0 fully saturated rings. The van der Waals surface area contributed by atoms with E-state index in [-0.39, 0.29) is 6.54 Å². The molecule has 0 saturated heterocycles. The molecule has 0 saturated carbocycles. The van der Waals surface area contributed by atoms with E-state index in [9.17, 15) is 9.59 Å². The van der Waals surface area contributed by atoms with Crippen LogP contribution in [0.1, 0.15) is 60.8 Å². The Labute approximate surface area is 164 Å². The van der Waals surface area contributed by atoms with E-state index in [1.807, 2.05) is 0 Å². The van der Waals surface area contributed by atoms with Gasteiger partial charge in [-0.25, -0.2) is 9.59 Å². The number of ether oxygens (including phenoxy) is 2. The van der Waals surface area contributed by atoms with Crippen LogP contribution in [-0.4, -0.2) is 61.4 Å². The Hall–Kier alpha value is -1.22. The number of carbonyl (C=O) groups is 2. The summed E-state index contributed by atoms with van der Waals surface area (Å²) in [5, 5.41) is 6.33. The van der Waals surface area contributed by atoms with Crippen molar-refractivity contribution in [3.63, 3.8) is 0 Å². The van der Waals surface area contributed by atoms with Gasteiger partial charge in [-0.05, 0) is 67.5 Å². The zero-order valence-electron chi connectivity index (χ0n) is 17.9. The summed E-state index contributed by atoms with van der Waals surface area (Å²) in [6, 6.07) is 0. The fourth-order valence-electron chi connectivity index (χ4n) is 2.16. The molecule has 0 aromatic rings. The van der Waals surface area contributed by atoms with Gasteiger partial charge in [0.05, 0.1) is 0 Å². The topological polar surface area (TPSA) is 129 Å². The predicted octanol–water partition coefficient (Wildman–Crippen LogP) is 0.676. The van der Waals surface area contributed by atoms with E-state index in [4.69, 9.17) is 20.9 Å². The molecule has 8 nitrogen and oxygen atoms in total. The van der Waals surface area contributed by atoms with Crippen molar-refractivity contribution in [3.8, 4) is 0 Å². The lowest BCUT2D eigenvalue weighted by Crippen LogP contribution is -2.64. The van der Waals surface area contributed by atoms with E-state index in [0.29, 0.717) is 13.1 Å². The van der Waals surface area contributed by atoms with Gasteiger partial charge in [-0.15, -0.1) is 0 Å². The minimum atomic E-state index is -1.89. The smallest absolute Gasteiger partial charge is 0.339 e. The molecule has 0 atom stereocenters. The Morgan fingerprint density at radius 1 is 0.778 bits per heavy atom. The molecule has 0 aliphatic heterocycles. The van der Waals surface area contributed by atoms with Gasteiger partial charge in [-0.3, -0.25) is 0 Å². The molecule has 27 heavy (non-hydrogen) atoms. The van der Waals surface area contributed by atoms with E-state index in [1.54, 1.807) is 41.5 Å². The summed E-state index contributed by atoms with van der Waals surface area (Å²) in [6.07, 6.45) is 2.96. The highest BCUT2D eigenvalue weighted by Crippen LogP contribution is 2.17. The monoisotopic (exact) mass is 388 g/mol. The first-order chi connectivity index (χ1) is 12.3. The molecule has 0 aromatic carbocycles. The van der Waals surface area contributed by atoms with Crippen molar-refractivity contribution in [1.29, 1.82) is 0 Å². The quantitative estimate of drug-likeness (QED) is 0.218. The van der Waals surface area contributed by atoms with Gasteiger partial charge in [0.25, 0.3) is 0 Å². The molecule has 0 aliphatic carbocycles. The van der Waals surface area contributed by atoms with Crippen molar-refractivity contribution in [2.24, 2.45) is 11.5 Å². The fourth-order valence-corrected chi connectivity index (χ4v) is 2.16. The van der Waals surface area contributed by atoms with Gasteiger partial charge in [0.2, 0.25) is 5.54 Å². The van der Waals surface area contributed by atoms with Crippen molar-refractivity contribution in [3.05, 3.63) is 0 Å². The number of hydrogen-bond donors (Lipinski definition) is 4. The highest BCUT2D eigenvalue weighted by molar-refractivity contribution is 6.05. The summed E-state index contributed by atoms with van der Waals surface area (Å²) in [4.78, 5) is 25.1. The molecule has 8 heteroatoms. The molecule has 0 aromatic heterocycles. The molecule has 6 N–H and O–H groups in total. The lowest BCUT2D eigenvalue weighted by Gasteiger charge is -2.32. The van der Waals surface area contributed by atoms with Crippen molar-refractivity contribution >= 4 is 11.9 Å². The molecule has 0 rings (SSSR count). The van der Waals surface area contributed by atoms with Crippen LogP contribution in [0.3, 0.4) is 0 Å². The predicted molar refractivity (Wildman–Crippen MR) is 107 cm³/mol. The average molecular weight is 389 g/mol. The molecular weight excluding hydrogens is 348 g/mol. The third kappa shape index (κ3) is 12.0. The van der Waals surface area contributed by atoms with Crippen LogP contribution in [0.4, 0.5) is 0 Å². The molecule has 0 spiro atoms. The molecule has 0 heterocycles. The van der Waals surface area contributed by atoms with E-state index >= 15 is 0 Å². The standard InChI is InChI=1S/C19H40N4O4/c1-17(2,3)26-15(24)19(21,16(25)27-18(4,5)6)14-23-12-9-7-8-11-22-13-10-20/h22-23H,7-14,20-21H2,1-6H3. The summed E-state index contributed by atoms with van der Waals surface area (Å²) < 4.78 is 10.7. The number of carbonyl (C=O) groups excluding carboxylic acids is 2. The lowest BCUT2D eigenvalue weighted by molar-refractivity contribution is -0.176. The van der Waals surface area contributed by atoms with E-state index in [0.717, 1.165) is 32.4 Å². The maximum absolute atomic E-state index is 12.6. The molecule has 160 valence electrons. The number of hydrogen-bond acceptors (Lipinski definition) is 8. The van der Waals surface area contributed by atoms with E-state index < -0.39 is 28.7 Å². The molecule has 0 amide bonds. The maximum atomic E-state index is 12.6. The molecule has 0 radical (unpaired) electrons. The third-order valence-electron chi connectivity index (χ3n) is 3.46. The minimum Gasteiger partial charge on any atom is -0.458 e. The Bertz CT molecular complexity index is 428. The van der Waals surface area contributed by atoms with Gasteiger partial charge in [-0.2, -0.15) is 0 Å². The summed E-state index contributed by atoms with van der Waals surface area (Å²) in [7, 11) is 0. The van der Waals surface area contributed by atoms with Crippen molar-refractivity contribution in [1.82, 2.24) is 10.6 Å². The number of esters is 2. The van der Waals surface area contributed by atoms with Gasteiger partial charge in [0.15, 0.2) is 0 Å². The van der Waals surface area contributed by atoms with Crippen molar-refractivity contribution in [2.45, 2.75) is 77.5 Å². The summed E-state index contributed by atoms with van der Waals surface area (Å²) in [5.74, 6) is -1.58. The van der Waals surface area contributed by atoms with Crippen LogP contribution in [0.2, 0.25) is 0 Å². The number of unbranched alkanes of at least 4 members (excludes halogenated alkanes) is 2. The third-order valence-corrected chi connectivity index (χ3v) is 3.46. The Kier molecular flexibility index (Phi) is 11.1. The number of rotatable bonds is 12. The first kappa shape index (κ1) is 25.8. The van der Waals surface area contributed by atoms with Crippen LogP contribution in [-0.2, 0) is 19.1 Å². The summed E-state index contributed by atoms with van der Waals surface area (Å²) in [5.41, 5.74) is 8.19. The first-order valence-electron chi connectivity index (χ1n) is 9.69. The van der Waals surface area contributed by atoms with Crippen molar-refractivity contribution in [2.75, 3.05) is 32.7 Å². The van der Waals surface area contributed by atoms with Gasteiger partial charge in [0, 0.05) is 19.6 Å². The first-order valence-corrected chi connectivity index (χ1v) is 9.69. The van der Waals surface area contributed by atoms with E-state index in [2.05, 4.69) is 10.6 Å². The Morgan fingerprint density at radius 2 is 1.22 bits per heavy atom. The maximum Gasteiger partial charge on any atom is 0.339 e. The van der Waals surface area contributed by atoms with Crippen LogP contribution in [0.25, 0.3) is 0 Å². The van der Waals surface area contributed by atoms with E-state index in [1.165, 1.54) is 0 Å². The molecule has 0 aliphatic rings. The molecule has 0 bridgehead atoms. The van der Waals surface area contributed by atoms with Crippen LogP contribution in [0, 0.1) is 0 Å². The second-order valence-electron chi connectivity index (χ2n) is 8.75. The highest BCUT2D eigenvalue weighted by Gasteiger charge is 2.47. The molecule has 0 unspecified atom stereocenters. The van der Waals surface area contributed by atoms with Gasteiger partial charge < -0.3 is 31.6 Å². The van der Waals surface area contributed by atoms with Crippen molar-refractivity contribution < 1.29 is 19.1 Å². The van der Waals surface area contributed by atoms with Crippen LogP contribution >= 0.6 is 0 Å². The summed E-state index contributed by atoms with van der Waals surface area (Å²) in [6.45, 7) is 13.4. The largest absolute Gasteiger partial charge is 0.458 e. The van der Waals surface area contributed by atoms with Crippen LogP contribution in [0.5, 0.6) is 0 Å².